The molecule has 0 bridgehead atoms. The summed E-state index contributed by atoms with van der Waals surface area (Å²) in [5.41, 5.74) is 5.19. The molecular formula is C12H18N6O. The second-order valence-electron chi connectivity index (χ2n) is 4.16. The highest BCUT2D eigenvalue weighted by molar-refractivity contribution is 5.59. The zero-order valence-electron chi connectivity index (χ0n) is 11.3. The van der Waals surface area contributed by atoms with Crippen molar-refractivity contribution in [2.24, 2.45) is 12.9 Å². The van der Waals surface area contributed by atoms with Crippen LogP contribution in [0.3, 0.4) is 0 Å². The number of anilines is 1. The van der Waals surface area contributed by atoms with Gasteiger partial charge in [-0.1, -0.05) is 6.92 Å². The molecule has 0 fully saturated rings. The molecule has 2 heterocycles. The van der Waals surface area contributed by atoms with Crippen LogP contribution in [0.4, 0.5) is 5.82 Å². The molecule has 0 spiro atoms. The zero-order chi connectivity index (χ0) is 13.8. The summed E-state index contributed by atoms with van der Waals surface area (Å²) >= 11 is 0. The molecule has 2 aromatic heterocycles. The standard InChI is InChI=1S/C12H18N6O/c1-4-10-9(6-18(2)17-10)12-14-8(7-19-3)5-11(15-12)16-13/h5-6H,4,7,13H2,1-3H3,(H,14,15,16). The Hall–Kier alpha value is -1.99. The Kier molecular flexibility index (Phi) is 4.08. The number of methoxy groups -OCH3 is 1. The van der Waals surface area contributed by atoms with Gasteiger partial charge in [-0.3, -0.25) is 4.68 Å². The van der Waals surface area contributed by atoms with Gasteiger partial charge in [0.2, 0.25) is 0 Å². The Morgan fingerprint density at radius 1 is 1.42 bits per heavy atom. The molecule has 102 valence electrons. The van der Waals surface area contributed by atoms with Gasteiger partial charge in [0.25, 0.3) is 0 Å². The second kappa shape index (κ2) is 5.77. The minimum Gasteiger partial charge on any atom is -0.378 e. The molecule has 19 heavy (non-hydrogen) atoms. The fraction of sp³-hybridized carbons (Fsp3) is 0.417. The van der Waals surface area contributed by atoms with Gasteiger partial charge in [0.15, 0.2) is 5.82 Å². The SMILES string of the molecule is CCc1nn(C)cc1-c1nc(COC)cc(NN)n1. The van der Waals surface area contributed by atoms with Crippen LogP contribution in [-0.4, -0.2) is 26.9 Å². The van der Waals surface area contributed by atoms with Gasteiger partial charge >= 0.3 is 0 Å². The number of aryl methyl sites for hydroxylation is 2. The van der Waals surface area contributed by atoms with Crippen molar-refractivity contribution in [2.45, 2.75) is 20.0 Å². The van der Waals surface area contributed by atoms with Gasteiger partial charge in [-0.15, -0.1) is 0 Å². The maximum absolute atomic E-state index is 5.44. The van der Waals surface area contributed by atoms with Crippen molar-refractivity contribution in [3.8, 4) is 11.4 Å². The van der Waals surface area contributed by atoms with Crippen LogP contribution in [0.5, 0.6) is 0 Å². The molecule has 0 atom stereocenters. The number of hydrogen-bond acceptors (Lipinski definition) is 6. The summed E-state index contributed by atoms with van der Waals surface area (Å²) in [6.07, 6.45) is 2.73. The molecular weight excluding hydrogens is 244 g/mol. The highest BCUT2D eigenvalue weighted by Gasteiger charge is 2.13. The molecule has 0 saturated carbocycles. The molecule has 2 rings (SSSR count). The van der Waals surface area contributed by atoms with Crippen LogP contribution in [0, 0.1) is 0 Å². The molecule has 0 unspecified atom stereocenters. The van der Waals surface area contributed by atoms with Gasteiger partial charge in [-0.25, -0.2) is 15.8 Å². The average molecular weight is 262 g/mol. The third-order valence-corrected chi connectivity index (χ3v) is 2.70. The predicted octanol–water partition coefficient (Wildman–Crippen LogP) is 0.872. The highest BCUT2D eigenvalue weighted by atomic mass is 16.5. The Balaban J connectivity index is 2.50. The second-order valence-corrected chi connectivity index (χ2v) is 4.16. The number of hydrogen-bond donors (Lipinski definition) is 2. The van der Waals surface area contributed by atoms with E-state index in [1.165, 1.54) is 0 Å². The van der Waals surface area contributed by atoms with Gasteiger partial charge < -0.3 is 10.2 Å². The quantitative estimate of drug-likeness (QED) is 0.614. The van der Waals surface area contributed by atoms with Crippen molar-refractivity contribution in [2.75, 3.05) is 12.5 Å². The first-order chi connectivity index (χ1) is 9.17. The maximum atomic E-state index is 5.44. The van der Waals surface area contributed by atoms with E-state index in [0.29, 0.717) is 18.2 Å². The van der Waals surface area contributed by atoms with Crippen molar-refractivity contribution in [3.05, 3.63) is 23.7 Å². The van der Waals surface area contributed by atoms with E-state index in [2.05, 4.69) is 20.5 Å². The number of nitrogens with zero attached hydrogens (tertiary/aromatic N) is 4. The fourth-order valence-corrected chi connectivity index (χ4v) is 1.90. The molecule has 0 aliphatic heterocycles. The van der Waals surface area contributed by atoms with E-state index in [4.69, 9.17) is 10.6 Å². The normalized spacial score (nSPS) is 10.7. The molecule has 0 saturated heterocycles. The minimum atomic E-state index is 0.409. The van der Waals surface area contributed by atoms with Gasteiger partial charge in [0, 0.05) is 26.4 Å². The van der Waals surface area contributed by atoms with Crippen molar-refractivity contribution in [1.29, 1.82) is 0 Å². The number of hydrazine groups is 1. The lowest BCUT2D eigenvalue weighted by molar-refractivity contribution is 0.181. The van der Waals surface area contributed by atoms with Crippen molar-refractivity contribution < 1.29 is 4.74 Å². The van der Waals surface area contributed by atoms with Crippen LogP contribution in [0.15, 0.2) is 12.3 Å². The summed E-state index contributed by atoms with van der Waals surface area (Å²) in [4.78, 5) is 8.85. The summed E-state index contributed by atoms with van der Waals surface area (Å²) in [6, 6.07) is 1.76. The average Bonchev–Trinajstić information content (AvgIpc) is 2.80. The van der Waals surface area contributed by atoms with E-state index in [0.717, 1.165) is 23.4 Å². The lowest BCUT2D eigenvalue weighted by atomic mass is 10.2. The van der Waals surface area contributed by atoms with E-state index in [1.54, 1.807) is 17.9 Å². The van der Waals surface area contributed by atoms with E-state index in [-0.39, 0.29) is 0 Å². The maximum Gasteiger partial charge on any atom is 0.165 e. The van der Waals surface area contributed by atoms with Gasteiger partial charge in [0.05, 0.1) is 23.6 Å². The molecule has 7 heteroatoms. The van der Waals surface area contributed by atoms with Crippen LogP contribution in [0.25, 0.3) is 11.4 Å². The van der Waals surface area contributed by atoms with Crippen molar-refractivity contribution >= 4 is 5.82 Å². The summed E-state index contributed by atoms with van der Waals surface area (Å²) in [5.74, 6) is 6.60. The molecule has 0 aliphatic carbocycles. The molecule has 7 nitrogen and oxygen atoms in total. The van der Waals surface area contributed by atoms with Crippen molar-refractivity contribution in [3.63, 3.8) is 0 Å². The van der Waals surface area contributed by atoms with Gasteiger partial charge in [-0.2, -0.15) is 5.10 Å². The molecule has 0 aromatic carbocycles. The molecule has 0 aliphatic rings. The van der Waals surface area contributed by atoms with Crippen LogP contribution in [0.1, 0.15) is 18.3 Å². The van der Waals surface area contributed by atoms with Crippen LogP contribution >= 0.6 is 0 Å². The van der Waals surface area contributed by atoms with Gasteiger partial charge in [0.1, 0.15) is 5.82 Å². The number of nitrogens with two attached hydrogens (primary N) is 1. The number of aromatic nitrogens is 4. The molecule has 0 radical (unpaired) electrons. The molecule has 2 aromatic rings. The third kappa shape index (κ3) is 2.88. The third-order valence-electron chi connectivity index (χ3n) is 2.70. The summed E-state index contributed by atoms with van der Waals surface area (Å²) in [7, 11) is 3.50. The van der Waals surface area contributed by atoms with Gasteiger partial charge in [-0.05, 0) is 6.42 Å². The fourth-order valence-electron chi connectivity index (χ4n) is 1.90. The highest BCUT2D eigenvalue weighted by Crippen LogP contribution is 2.21. The van der Waals surface area contributed by atoms with Crippen LogP contribution in [0.2, 0.25) is 0 Å². The Labute approximate surface area is 111 Å². The summed E-state index contributed by atoms with van der Waals surface area (Å²) in [5, 5.41) is 4.39. The van der Waals surface area contributed by atoms with E-state index in [1.807, 2.05) is 20.2 Å². The topological polar surface area (TPSA) is 90.9 Å². The van der Waals surface area contributed by atoms with E-state index >= 15 is 0 Å². The lowest BCUT2D eigenvalue weighted by Gasteiger charge is -2.06. The first-order valence-corrected chi connectivity index (χ1v) is 6.04. The Morgan fingerprint density at radius 3 is 2.84 bits per heavy atom. The van der Waals surface area contributed by atoms with Crippen LogP contribution in [-0.2, 0) is 24.8 Å². The smallest absolute Gasteiger partial charge is 0.165 e. The zero-order valence-corrected chi connectivity index (χ0v) is 11.3. The lowest BCUT2D eigenvalue weighted by Crippen LogP contribution is -2.11. The molecule has 0 amide bonds. The first kappa shape index (κ1) is 13.4. The number of nitrogen functional groups attached to an aromatic ring is 1. The van der Waals surface area contributed by atoms with E-state index < -0.39 is 0 Å². The minimum absolute atomic E-state index is 0.409. The van der Waals surface area contributed by atoms with Crippen LogP contribution < -0.4 is 11.3 Å². The summed E-state index contributed by atoms with van der Waals surface area (Å²) < 4.78 is 6.86. The van der Waals surface area contributed by atoms with Crippen molar-refractivity contribution in [1.82, 2.24) is 19.7 Å². The molecule has 3 N–H and O–H groups in total. The first-order valence-electron chi connectivity index (χ1n) is 6.04. The Bertz CT molecular complexity index is 565. The number of ether oxygens (including phenoxy) is 1. The number of nitrogens with one attached hydrogen (secondary N) is 1. The Morgan fingerprint density at radius 2 is 2.21 bits per heavy atom. The number of rotatable bonds is 5. The summed E-state index contributed by atoms with van der Waals surface area (Å²) in [6.45, 7) is 2.46. The largest absolute Gasteiger partial charge is 0.378 e. The monoisotopic (exact) mass is 262 g/mol. The van der Waals surface area contributed by atoms with E-state index in [9.17, 15) is 0 Å². The predicted molar refractivity (Wildman–Crippen MR) is 72.1 cm³/mol.